The maximum absolute atomic E-state index is 11.4. The van der Waals surface area contributed by atoms with Gasteiger partial charge in [0.1, 0.15) is 0 Å². The molecule has 0 aromatic carbocycles. The first kappa shape index (κ1) is 22.7. The average molecular weight is 457 g/mol. The van der Waals surface area contributed by atoms with Crippen LogP contribution in [-0.4, -0.2) is 23.7 Å². The van der Waals surface area contributed by atoms with E-state index in [1.807, 2.05) is 13.8 Å². The van der Waals surface area contributed by atoms with Crippen molar-refractivity contribution in [1.29, 1.82) is 0 Å². The normalized spacial score (nSPS) is 16.7. The summed E-state index contributed by atoms with van der Waals surface area (Å²) in [6, 6.07) is 2.90. The zero-order valence-corrected chi connectivity index (χ0v) is 17.9. The minimum atomic E-state index is -1.98. The van der Waals surface area contributed by atoms with Crippen LogP contribution >= 0.6 is 69.6 Å². The van der Waals surface area contributed by atoms with Crippen molar-refractivity contribution in [3.63, 3.8) is 0 Å². The summed E-state index contributed by atoms with van der Waals surface area (Å²) in [4.78, 5) is 11.4. The predicted octanol–water partition coefficient (Wildman–Crippen LogP) is 6.15. The van der Waals surface area contributed by atoms with Gasteiger partial charge in [-0.05, 0) is 25.3 Å². The Hall–Kier alpha value is 0.620. The molecule has 0 spiro atoms. The second kappa shape index (κ2) is 9.01. The van der Waals surface area contributed by atoms with Crippen molar-refractivity contribution in [3.8, 4) is 0 Å². The number of nitrogens with one attached hydrogen (secondary N) is 1. The highest BCUT2D eigenvalue weighted by atomic mass is 35.6. The van der Waals surface area contributed by atoms with E-state index in [9.17, 15) is 4.79 Å². The van der Waals surface area contributed by atoms with Crippen LogP contribution < -0.4 is 5.56 Å². The Morgan fingerprint density at radius 2 is 1.75 bits per heavy atom. The van der Waals surface area contributed by atoms with Gasteiger partial charge in [0.05, 0.1) is 11.1 Å². The molecule has 1 N–H and O–H groups in total. The van der Waals surface area contributed by atoms with Gasteiger partial charge < -0.3 is 0 Å². The number of hydrogen-bond donors (Lipinski definition) is 1. The standard InChI is InChI=1S/C15H20Cl6N2O/c1-3-5-10(16)9-13(8-4-2,14(17,18)15(19,20)21)11-6-7-12(24)23-22-11/h6-7,10H,3-5,8-9H2,1-2H3,(H,23,24). The van der Waals surface area contributed by atoms with Crippen LogP contribution in [0.2, 0.25) is 0 Å². The molecule has 1 aromatic rings. The van der Waals surface area contributed by atoms with Gasteiger partial charge in [-0.2, -0.15) is 5.10 Å². The lowest BCUT2D eigenvalue weighted by Gasteiger charge is -2.46. The highest BCUT2D eigenvalue weighted by Gasteiger charge is 2.62. The first-order chi connectivity index (χ1) is 11.0. The number of rotatable bonds is 8. The van der Waals surface area contributed by atoms with E-state index in [1.54, 1.807) is 6.07 Å². The minimum Gasteiger partial charge on any atom is -0.268 e. The van der Waals surface area contributed by atoms with Crippen molar-refractivity contribution >= 4 is 69.6 Å². The summed E-state index contributed by atoms with van der Waals surface area (Å²) >= 11 is 38.0. The summed E-state index contributed by atoms with van der Waals surface area (Å²) in [5, 5.41) is 6.28. The number of halogens is 6. The van der Waals surface area contributed by atoms with Crippen LogP contribution in [0.4, 0.5) is 0 Å². The Kier molecular flexibility index (Phi) is 8.51. The average Bonchev–Trinajstić information content (AvgIpc) is 2.46. The van der Waals surface area contributed by atoms with E-state index in [0.29, 0.717) is 25.0 Å². The molecule has 0 saturated carbocycles. The Labute approximate surface area is 172 Å². The molecule has 1 rings (SSSR count). The van der Waals surface area contributed by atoms with Gasteiger partial charge in [-0.3, -0.25) is 4.79 Å². The summed E-state index contributed by atoms with van der Waals surface area (Å²) in [5.41, 5.74) is -0.937. The largest absolute Gasteiger partial charge is 0.268 e. The van der Waals surface area contributed by atoms with Gasteiger partial charge >= 0.3 is 0 Å². The van der Waals surface area contributed by atoms with E-state index in [2.05, 4.69) is 10.2 Å². The minimum absolute atomic E-state index is 0.237. The first-order valence-electron chi connectivity index (χ1n) is 7.66. The van der Waals surface area contributed by atoms with Gasteiger partial charge in [0.25, 0.3) is 5.56 Å². The first-order valence-corrected chi connectivity index (χ1v) is 9.99. The number of aromatic amines is 1. The molecule has 0 aliphatic rings. The smallest absolute Gasteiger partial charge is 0.264 e. The van der Waals surface area contributed by atoms with E-state index in [1.165, 1.54) is 6.07 Å². The van der Waals surface area contributed by atoms with Gasteiger partial charge in [0.2, 0.25) is 3.79 Å². The third-order valence-electron chi connectivity index (χ3n) is 3.98. The third kappa shape index (κ3) is 4.86. The molecule has 1 heterocycles. The molecular formula is C15H20Cl6N2O. The number of nitrogens with zero attached hydrogens (tertiary/aromatic N) is 1. The molecule has 138 valence electrons. The number of H-pyrrole nitrogens is 1. The topological polar surface area (TPSA) is 45.8 Å². The van der Waals surface area contributed by atoms with Crippen LogP contribution in [0.3, 0.4) is 0 Å². The molecular weight excluding hydrogens is 437 g/mol. The fourth-order valence-corrected chi connectivity index (χ4v) is 4.44. The van der Waals surface area contributed by atoms with E-state index >= 15 is 0 Å². The highest BCUT2D eigenvalue weighted by Crippen LogP contribution is 2.60. The number of hydrogen-bond acceptors (Lipinski definition) is 2. The zero-order chi connectivity index (χ0) is 18.6. The van der Waals surface area contributed by atoms with Crippen LogP contribution in [0, 0.1) is 0 Å². The van der Waals surface area contributed by atoms with E-state index < -0.39 is 13.5 Å². The Morgan fingerprint density at radius 3 is 2.17 bits per heavy atom. The number of alkyl halides is 6. The number of aromatic nitrogens is 2. The summed E-state index contributed by atoms with van der Waals surface area (Å²) in [5.74, 6) is 0. The molecule has 0 aliphatic carbocycles. The SMILES string of the molecule is CCCC(Cl)CC(CCC)(c1ccc(=O)[nH]n1)C(Cl)(Cl)C(Cl)(Cl)Cl. The molecule has 24 heavy (non-hydrogen) atoms. The molecule has 0 radical (unpaired) electrons. The highest BCUT2D eigenvalue weighted by molar-refractivity contribution is 6.75. The summed E-state index contributed by atoms with van der Waals surface area (Å²) in [6.07, 6.45) is 3.19. The van der Waals surface area contributed by atoms with Gasteiger partial charge in [0.15, 0.2) is 4.33 Å². The van der Waals surface area contributed by atoms with E-state index in [-0.39, 0.29) is 10.9 Å². The van der Waals surface area contributed by atoms with Crippen LogP contribution in [0.5, 0.6) is 0 Å². The summed E-state index contributed by atoms with van der Waals surface area (Å²) in [6.45, 7) is 3.99. The fraction of sp³-hybridized carbons (Fsp3) is 0.733. The van der Waals surface area contributed by atoms with Gasteiger partial charge in [-0.1, -0.05) is 84.7 Å². The Bertz CT molecular complexity index is 566. The molecule has 0 saturated heterocycles. The van der Waals surface area contributed by atoms with Crippen molar-refractivity contribution in [2.75, 3.05) is 0 Å². The molecule has 9 heteroatoms. The van der Waals surface area contributed by atoms with Crippen molar-refractivity contribution < 1.29 is 0 Å². The van der Waals surface area contributed by atoms with Crippen LogP contribution in [-0.2, 0) is 5.41 Å². The molecule has 3 nitrogen and oxygen atoms in total. The predicted molar refractivity (Wildman–Crippen MR) is 105 cm³/mol. The van der Waals surface area contributed by atoms with Gasteiger partial charge in [-0.15, -0.1) is 11.6 Å². The Balaban J connectivity index is 3.56. The maximum Gasteiger partial charge on any atom is 0.264 e. The fourth-order valence-electron chi connectivity index (χ4n) is 2.88. The lowest BCUT2D eigenvalue weighted by Crippen LogP contribution is -2.53. The van der Waals surface area contributed by atoms with Gasteiger partial charge in [0, 0.05) is 11.4 Å². The van der Waals surface area contributed by atoms with Crippen molar-refractivity contribution in [3.05, 3.63) is 28.2 Å². The second-order valence-electron chi connectivity index (χ2n) is 5.80. The quantitative estimate of drug-likeness (QED) is 0.477. The van der Waals surface area contributed by atoms with Crippen LogP contribution in [0.25, 0.3) is 0 Å². The van der Waals surface area contributed by atoms with Crippen LogP contribution in [0.1, 0.15) is 51.6 Å². The molecule has 2 atom stereocenters. The lowest BCUT2D eigenvalue weighted by molar-refractivity contribution is 0.298. The zero-order valence-electron chi connectivity index (χ0n) is 13.4. The Morgan fingerprint density at radius 1 is 1.12 bits per heavy atom. The molecule has 1 aromatic heterocycles. The van der Waals surface area contributed by atoms with Crippen molar-refractivity contribution in [1.82, 2.24) is 10.2 Å². The molecule has 0 aliphatic heterocycles. The van der Waals surface area contributed by atoms with E-state index in [0.717, 1.165) is 12.8 Å². The molecule has 2 unspecified atom stereocenters. The summed E-state index contributed by atoms with van der Waals surface area (Å²) < 4.78 is -3.78. The maximum atomic E-state index is 11.4. The molecule has 0 fully saturated rings. The third-order valence-corrected chi connectivity index (χ3v) is 7.07. The van der Waals surface area contributed by atoms with Gasteiger partial charge in [-0.25, -0.2) is 5.10 Å². The monoisotopic (exact) mass is 454 g/mol. The second-order valence-corrected chi connectivity index (χ2v) is 10.0. The van der Waals surface area contributed by atoms with Crippen LogP contribution in [0.15, 0.2) is 16.9 Å². The van der Waals surface area contributed by atoms with E-state index in [4.69, 9.17) is 69.6 Å². The molecule has 0 bridgehead atoms. The van der Waals surface area contributed by atoms with Crippen molar-refractivity contribution in [2.24, 2.45) is 0 Å². The lowest BCUT2D eigenvalue weighted by atomic mass is 9.72. The summed E-state index contributed by atoms with van der Waals surface area (Å²) in [7, 11) is 0. The van der Waals surface area contributed by atoms with Crippen molar-refractivity contribution in [2.45, 2.75) is 64.9 Å². The molecule has 0 amide bonds.